The van der Waals surface area contributed by atoms with Crippen LogP contribution >= 0.6 is 15.9 Å². The molecule has 1 unspecified atom stereocenters. The standard InChI is InChI=1S/C9H20BrNO3/c1-13-5-3-11(4-6-14-2)8-9(12)7-10/h9,12H,3-8H2,1-2H3. The fraction of sp³-hybridized carbons (Fsp3) is 1.00. The lowest BCUT2D eigenvalue weighted by molar-refractivity contribution is 0.0786. The summed E-state index contributed by atoms with van der Waals surface area (Å²) >= 11 is 3.24. The van der Waals surface area contributed by atoms with Crippen LogP contribution in [-0.4, -0.2) is 68.5 Å². The molecule has 0 bridgehead atoms. The van der Waals surface area contributed by atoms with Gasteiger partial charge in [0.1, 0.15) is 0 Å². The third kappa shape index (κ3) is 7.70. The van der Waals surface area contributed by atoms with Crippen LogP contribution in [0.2, 0.25) is 0 Å². The molecule has 1 N–H and O–H groups in total. The smallest absolute Gasteiger partial charge is 0.0763 e. The Bertz CT molecular complexity index is 119. The molecule has 0 saturated heterocycles. The highest BCUT2D eigenvalue weighted by Crippen LogP contribution is 1.96. The van der Waals surface area contributed by atoms with E-state index in [4.69, 9.17) is 9.47 Å². The predicted octanol–water partition coefficient (Wildman–Crippen LogP) is 0.337. The molecule has 5 heteroatoms. The molecule has 0 fully saturated rings. The highest BCUT2D eigenvalue weighted by atomic mass is 79.9. The third-order valence-electron chi connectivity index (χ3n) is 1.87. The monoisotopic (exact) mass is 269 g/mol. The molecular formula is C9H20BrNO3. The number of ether oxygens (including phenoxy) is 2. The number of hydrogen-bond donors (Lipinski definition) is 1. The van der Waals surface area contributed by atoms with Crippen molar-refractivity contribution in [3.8, 4) is 0 Å². The largest absolute Gasteiger partial charge is 0.391 e. The second kappa shape index (κ2) is 9.86. The van der Waals surface area contributed by atoms with E-state index in [1.807, 2.05) is 0 Å². The van der Waals surface area contributed by atoms with E-state index >= 15 is 0 Å². The zero-order valence-electron chi connectivity index (χ0n) is 8.91. The minimum absolute atomic E-state index is 0.330. The van der Waals surface area contributed by atoms with E-state index in [0.717, 1.165) is 13.1 Å². The van der Waals surface area contributed by atoms with Crippen LogP contribution < -0.4 is 0 Å². The summed E-state index contributed by atoms with van der Waals surface area (Å²) in [5, 5.41) is 10.1. The van der Waals surface area contributed by atoms with Gasteiger partial charge in [-0.2, -0.15) is 0 Å². The molecular weight excluding hydrogens is 250 g/mol. The molecule has 14 heavy (non-hydrogen) atoms. The van der Waals surface area contributed by atoms with Crippen molar-refractivity contribution in [1.29, 1.82) is 0 Å². The molecule has 4 nitrogen and oxygen atoms in total. The Hall–Kier alpha value is 0.320. The van der Waals surface area contributed by atoms with Crippen LogP contribution in [0, 0.1) is 0 Å². The van der Waals surface area contributed by atoms with E-state index in [9.17, 15) is 5.11 Å². The molecule has 0 aliphatic carbocycles. The predicted molar refractivity (Wildman–Crippen MR) is 60.0 cm³/mol. The molecule has 0 rings (SSSR count). The Morgan fingerprint density at radius 1 is 1.21 bits per heavy atom. The molecule has 0 spiro atoms. The van der Waals surface area contributed by atoms with Crippen LogP contribution in [0.4, 0.5) is 0 Å². The van der Waals surface area contributed by atoms with E-state index in [1.165, 1.54) is 0 Å². The lowest BCUT2D eigenvalue weighted by atomic mass is 10.3. The highest BCUT2D eigenvalue weighted by Gasteiger charge is 2.09. The number of aliphatic hydroxyl groups excluding tert-OH is 1. The van der Waals surface area contributed by atoms with Crippen LogP contribution in [0.3, 0.4) is 0 Å². The molecule has 0 aliphatic heterocycles. The highest BCUT2D eigenvalue weighted by molar-refractivity contribution is 9.09. The van der Waals surface area contributed by atoms with Crippen molar-refractivity contribution >= 4 is 15.9 Å². The van der Waals surface area contributed by atoms with Crippen molar-refractivity contribution < 1.29 is 14.6 Å². The second-order valence-corrected chi connectivity index (χ2v) is 3.74. The fourth-order valence-corrected chi connectivity index (χ4v) is 1.29. The minimum atomic E-state index is -0.330. The van der Waals surface area contributed by atoms with E-state index in [1.54, 1.807) is 14.2 Å². The van der Waals surface area contributed by atoms with Gasteiger partial charge in [-0.25, -0.2) is 0 Å². The Labute approximate surface area is 94.3 Å². The maximum Gasteiger partial charge on any atom is 0.0763 e. The summed E-state index contributed by atoms with van der Waals surface area (Å²) in [4.78, 5) is 2.12. The van der Waals surface area contributed by atoms with Crippen LogP contribution in [0.25, 0.3) is 0 Å². The number of aliphatic hydroxyl groups is 1. The van der Waals surface area contributed by atoms with Gasteiger partial charge in [0, 0.05) is 39.2 Å². The first-order valence-electron chi connectivity index (χ1n) is 4.68. The van der Waals surface area contributed by atoms with Gasteiger partial charge in [0.05, 0.1) is 19.3 Å². The Morgan fingerprint density at radius 2 is 1.71 bits per heavy atom. The lowest BCUT2D eigenvalue weighted by Crippen LogP contribution is -2.37. The SMILES string of the molecule is COCCN(CCOC)CC(O)CBr. The number of methoxy groups -OCH3 is 2. The molecule has 0 saturated carbocycles. The zero-order valence-corrected chi connectivity index (χ0v) is 10.5. The topological polar surface area (TPSA) is 41.9 Å². The van der Waals surface area contributed by atoms with Gasteiger partial charge in [-0.15, -0.1) is 0 Å². The summed E-state index contributed by atoms with van der Waals surface area (Å²) in [6, 6.07) is 0. The summed E-state index contributed by atoms with van der Waals surface area (Å²) in [5.41, 5.74) is 0. The van der Waals surface area contributed by atoms with Gasteiger partial charge in [0.2, 0.25) is 0 Å². The van der Waals surface area contributed by atoms with Crippen molar-refractivity contribution in [2.75, 3.05) is 52.4 Å². The van der Waals surface area contributed by atoms with Gasteiger partial charge in [-0.05, 0) is 0 Å². The van der Waals surface area contributed by atoms with Gasteiger partial charge < -0.3 is 14.6 Å². The number of rotatable bonds is 9. The van der Waals surface area contributed by atoms with Crippen LogP contribution in [0.5, 0.6) is 0 Å². The minimum Gasteiger partial charge on any atom is -0.391 e. The van der Waals surface area contributed by atoms with E-state index in [-0.39, 0.29) is 6.10 Å². The number of hydrogen-bond acceptors (Lipinski definition) is 4. The van der Waals surface area contributed by atoms with E-state index in [2.05, 4.69) is 20.8 Å². The van der Waals surface area contributed by atoms with E-state index in [0.29, 0.717) is 25.1 Å². The van der Waals surface area contributed by atoms with Gasteiger partial charge in [0.15, 0.2) is 0 Å². The normalized spacial score (nSPS) is 13.5. The van der Waals surface area contributed by atoms with Crippen LogP contribution in [0.1, 0.15) is 0 Å². The van der Waals surface area contributed by atoms with Crippen LogP contribution in [-0.2, 0) is 9.47 Å². The van der Waals surface area contributed by atoms with Gasteiger partial charge in [0.25, 0.3) is 0 Å². The summed E-state index contributed by atoms with van der Waals surface area (Å²) in [6.07, 6.45) is -0.330. The Balaban J connectivity index is 3.71. The molecule has 1 atom stereocenters. The molecule has 0 heterocycles. The van der Waals surface area contributed by atoms with Crippen LogP contribution in [0.15, 0.2) is 0 Å². The summed E-state index contributed by atoms with van der Waals surface area (Å²) in [6.45, 7) is 3.66. The number of alkyl halides is 1. The maximum absolute atomic E-state index is 9.46. The molecule has 0 aromatic rings. The summed E-state index contributed by atoms with van der Waals surface area (Å²) in [5.74, 6) is 0. The first-order chi connectivity index (χ1) is 6.74. The van der Waals surface area contributed by atoms with Gasteiger partial charge in [-0.3, -0.25) is 4.90 Å². The third-order valence-corrected chi connectivity index (χ3v) is 2.62. The number of nitrogens with zero attached hydrogens (tertiary/aromatic N) is 1. The van der Waals surface area contributed by atoms with Gasteiger partial charge in [-0.1, -0.05) is 15.9 Å². The molecule has 0 aromatic heterocycles. The molecule has 0 aromatic carbocycles. The fourth-order valence-electron chi connectivity index (χ4n) is 1.08. The van der Waals surface area contributed by atoms with Crippen molar-refractivity contribution in [1.82, 2.24) is 4.90 Å². The quantitative estimate of drug-likeness (QED) is 0.613. The number of halogens is 1. The Kier molecular flexibility index (Phi) is 10.1. The first-order valence-corrected chi connectivity index (χ1v) is 5.81. The Morgan fingerprint density at radius 3 is 2.07 bits per heavy atom. The van der Waals surface area contributed by atoms with Crippen molar-refractivity contribution in [2.45, 2.75) is 6.10 Å². The van der Waals surface area contributed by atoms with E-state index < -0.39 is 0 Å². The zero-order chi connectivity index (χ0) is 10.8. The second-order valence-electron chi connectivity index (χ2n) is 3.09. The average Bonchev–Trinajstić information content (AvgIpc) is 2.21. The first kappa shape index (κ1) is 14.3. The molecule has 0 radical (unpaired) electrons. The molecule has 0 aliphatic rings. The maximum atomic E-state index is 9.46. The summed E-state index contributed by atoms with van der Waals surface area (Å²) < 4.78 is 9.98. The lowest BCUT2D eigenvalue weighted by Gasteiger charge is -2.23. The molecule has 86 valence electrons. The van der Waals surface area contributed by atoms with Crippen molar-refractivity contribution in [3.05, 3.63) is 0 Å². The van der Waals surface area contributed by atoms with Crippen molar-refractivity contribution in [2.24, 2.45) is 0 Å². The van der Waals surface area contributed by atoms with Gasteiger partial charge >= 0.3 is 0 Å². The molecule has 0 amide bonds. The van der Waals surface area contributed by atoms with Crippen molar-refractivity contribution in [3.63, 3.8) is 0 Å². The average molecular weight is 270 g/mol. The summed E-state index contributed by atoms with van der Waals surface area (Å²) in [7, 11) is 3.35.